The lowest BCUT2D eigenvalue weighted by atomic mass is 10.5. The second kappa shape index (κ2) is 14.9. The van der Waals surface area contributed by atoms with Crippen LogP contribution in [0.2, 0.25) is 0 Å². The third-order valence-corrected chi connectivity index (χ3v) is 0.848. The summed E-state index contributed by atoms with van der Waals surface area (Å²) >= 11 is 9.46. The van der Waals surface area contributed by atoms with Crippen LogP contribution in [0.3, 0.4) is 0 Å². The first-order chi connectivity index (χ1) is 6.27. The maximum atomic E-state index is 9.58. The van der Waals surface area contributed by atoms with Crippen molar-refractivity contribution in [1.82, 2.24) is 0 Å². The topological polar surface area (TPSA) is 71.4 Å². The van der Waals surface area contributed by atoms with Crippen molar-refractivity contribution in [2.75, 3.05) is 0 Å². The second-order valence-electron chi connectivity index (χ2n) is 1.93. The van der Waals surface area contributed by atoms with Gasteiger partial charge in [-0.2, -0.15) is 0 Å². The number of hydrogen-bond donors (Lipinski definition) is 1. The predicted molar refractivity (Wildman–Crippen MR) is 55.6 cm³/mol. The van der Waals surface area contributed by atoms with Gasteiger partial charge in [0.05, 0.1) is 0 Å². The maximum Gasteiger partial charge on any atom is 0.303 e. The third kappa shape index (κ3) is 107. The number of halogens is 2. The van der Waals surface area contributed by atoms with Crippen molar-refractivity contribution < 1.29 is 19.5 Å². The van der Waals surface area contributed by atoms with Gasteiger partial charge in [-0.15, -0.1) is 0 Å². The van der Waals surface area contributed by atoms with Crippen molar-refractivity contribution in [1.29, 1.82) is 0 Å². The largest absolute Gasteiger partial charge is 0.481 e. The molecule has 0 saturated carbocycles. The van der Waals surface area contributed by atoms with Crippen LogP contribution >= 0.6 is 23.2 Å². The number of carboxylic acids is 1. The predicted octanol–water partition coefficient (Wildman–Crippen LogP) is 2.41. The van der Waals surface area contributed by atoms with Crippen LogP contribution in [-0.2, 0) is 14.4 Å². The first kappa shape index (κ1) is 19.0. The van der Waals surface area contributed by atoms with E-state index in [1.165, 1.54) is 6.92 Å². The van der Waals surface area contributed by atoms with Crippen LogP contribution in [0.1, 0.15) is 33.6 Å². The molecule has 0 heterocycles. The van der Waals surface area contributed by atoms with E-state index in [4.69, 9.17) is 16.7 Å². The lowest BCUT2D eigenvalue weighted by Crippen LogP contribution is -1.86. The van der Waals surface area contributed by atoms with E-state index in [-0.39, 0.29) is 16.9 Å². The summed E-state index contributed by atoms with van der Waals surface area (Å²) in [5.41, 5.74) is 0. The van der Waals surface area contributed by atoms with Gasteiger partial charge in [-0.1, -0.05) is 13.8 Å². The summed E-state index contributed by atoms with van der Waals surface area (Å²) in [6, 6.07) is 0. The molecule has 1 N–H and O–H groups in total. The monoisotopic (exact) mass is 244 g/mol. The summed E-state index contributed by atoms with van der Waals surface area (Å²) in [6.07, 6.45) is 0.654. The molecule has 0 aliphatic rings. The van der Waals surface area contributed by atoms with E-state index in [0.717, 1.165) is 0 Å². The molecular formula is C8H14Cl2O4. The van der Waals surface area contributed by atoms with E-state index in [0.29, 0.717) is 6.42 Å². The molecule has 0 spiro atoms. The molecule has 0 aromatic heterocycles. The minimum absolute atomic E-state index is 0.222. The standard InChI is InChI=1S/C3H5ClO.C3H6O2.C2H3ClO/c2*1-2-3(4)5;1-2(3)4/h2H2,1H3;2H2,1H3,(H,4,5);1H3. The zero-order valence-electron chi connectivity index (χ0n) is 8.34. The summed E-state index contributed by atoms with van der Waals surface area (Å²) in [4.78, 5) is 28.2. The van der Waals surface area contributed by atoms with Crippen LogP contribution in [-0.4, -0.2) is 21.6 Å². The second-order valence-corrected chi connectivity index (χ2v) is 2.88. The normalized spacial score (nSPS) is 7.21. The van der Waals surface area contributed by atoms with Crippen molar-refractivity contribution in [2.24, 2.45) is 0 Å². The molecule has 0 aliphatic heterocycles. The van der Waals surface area contributed by atoms with Gasteiger partial charge in [-0.3, -0.25) is 14.4 Å². The Morgan fingerprint density at radius 3 is 1.21 bits per heavy atom. The lowest BCUT2D eigenvalue weighted by molar-refractivity contribution is -0.136. The SMILES string of the molecule is CC(=O)Cl.CCC(=O)Cl.CCC(=O)O. The van der Waals surface area contributed by atoms with Gasteiger partial charge in [0, 0.05) is 19.8 Å². The highest BCUT2D eigenvalue weighted by Gasteiger charge is 1.81. The smallest absolute Gasteiger partial charge is 0.303 e. The van der Waals surface area contributed by atoms with Gasteiger partial charge in [0.1, 0.15) is 0 Å². The Morgan fingerprint density at radius 2 is 1.21 bits per heavy atom. The van der Waals surface area contributed by atoms with Gasteiger partial charge in [-0.05, 0) is 23.2 Å². The fraction of sp³-hybridized carbons (Fsp3) is 0.625. The molecule has 0 amide bonds. The van der Waals surface area contributed by atoms with E-state index in [9.17, 15) is 14.4 Å². The quantitative estimate of drug-likeness (QED) is 0.758. The minimum Gasteiger partial charge on any atom is -0.481 e. The average Bonchev–Trinajstić information content (AvgIpc) is 2.04. The molecule has 84 valence electrons. The van der Waals surface area contributed by atoms with Gasteiger partial charge >= 0.3 is 5.97 Å². The average molecular weight is 245 g/mol. The molecule has 14 heavy (non-hydrogen) atoms. The molecule has 0 atom stereocenters. The molecule has 0 saturated heterocycles. The van der Waals surface area contributed by atoms with Crippen molar-refractivity contribution >= 4 is 39.7 Å². The van der Waals surface area contributed by atoms with Crippen molar-refractivity contribution in [3.05, 3.63) is 0 Å². The van der Waals surface area contributed by atoms with E-state index in [1.807, 2.05) is 0 Å². The molecular weight excluding hydrogens is 231 g/mol. The third-order valence-electron chi connectivity index (χ3n) is 0.580. The lowest BCUT2D eigenvalue weighted by Gasteiger charge is -1.71. The van der Waals surface area contributed by atoms with Crippen molar-refractivity contribution in [3.63, 3.8) is 0 Å². The molecule has 0 fully saturated rings. The number of carbonyl (C=O) groups excluding carboxylic acids is 2. The molecule has 0 radical (unpaired) electrons. The molecule has 0 aromatic rings. The maximum absolute atomic E-state index is 9.58. The highest BCUT2D eigenvalue weighted by molar-refractivity contribution is 6.63. The molecule has 0 bridgehead atoms. The van der Waals surface area contributed by atoms with Crippen molar-refractivity contribution in [3.8, 4) is 0 Å². The van der Waals surface area contributed by atoms with Crippen LogP contribution in [0.25, 0.3) is 0 Å². The Labute approximate surface area is 93.2 Å². The van der Waals surface area contributed by atoms with E-state index in [1.54, 1.807) is 13.8 Å². The summed E-state index contributed by atoms with van der Waals surface area (Å²) in [5, 5.41) is 7.09. The summed E-state index contributed by atoms with van der Waals surface area (Å²) in [6.45, 7) is 4.61. The fourth-order valence-electron chi connectivity index (χ4n) is 0. The Morgan fingerprint density at radius 1 is 1.07 bits per heavy atom. The first-order valence-electron chi connectivity index (χ1n) is 3.84. The molecule has 6 heteroatoms. The van der Waals surface area contributed by atoms with Gasteiger partial charge in [0.25, 0.3) is 0 Å². The van der Waals surface area contributed by atoms with Crippen LogP contribution in [0.4, 0.5) is 0 Å². The number of hydrogen-bond acceptors (Lipinski definition) is 3. The van der Waals surface area contributed by atoms with E-state index in [2.05, 4.69) is 11.6 Å². The Balaban J connectivity index is -0.000000131. The summed E-state index contributed by atoms with van der Waals surface area (Å²) in [5.74, 6) is -0.745. The Hall–Kier alpha value is -0.610. The van der Waals surface area contributed by atoms with Gasteiger partial charge in [0.2, 0.25) is 10.5 Å². The molecule has 0 rings (SSSR count). The number of aliphatic carboxylic acids is 1. The summed E-state index contributed by atoms with van der Waals surface area (Å²) in [7, 11) is 0. The number of carbonyl (C=O) groups is 3. The molecule has 4 nitrogen and oxygen atoms in total. The Kier molecular flexibility index (Phi) is 20.3. The highest BCUT2D eigenvalue weighted by Crippen LogP contribution is 1.81. The fourth-order valence-corrected chi connectivity index (χ4v) is 0. The molecule has 0 aliphatic carbocycles. The molecule has 0 aromatic carbocycles. The Bertz CT molecular complexity index is 162. The summed E-state index contributed by atoms with van der Waals surface area (Å²) < 4.78 is 0. The van der Waals surface area contributed by atoms with Gasteiger partial charge in [-0.25, -0.2) is 0 Å². The van der Waals surface area contributed by atoms with Crippen LogP contribution in [0.5, 0.6) is 0 Å². The van der Waals surface area contributed by atoms with Crippen LogP contribution in [0.15, 0.2) is 0 Å². The van der Waals surface area contributed by atoms with E-state index >= 15 is 0 Å². The van der Waals surface area contributed by atoms with Gasteiger partial charge < -0.3 is 5.11 Å². The van der Waals surface area contributed by atoms with Crippen molar-refractivity contribution in [2.45, 2.75) is 33.6 Å². The zero-order valence-corrected chi connectivity index (χ0v) is 9.85. The van der Waals surface area contributed by atoms with Gasteiger partial charge in [0.15, 0.2) is 0 Å². The number of rotatable bonds is 2. The van der Waals surface area contributed by atoms with Crippen LogP contribution in [0, 0.1) is 0 Å². The zero-order chi connectivity index (χ0) is 12.1. The van der Waals surface area contributed by atoms with E-state index < -0.39 is 5.97 Å². The van der Waals surface area contributed by atoms with Crippen LogP contribution < -0.4 is 0 Å². The molecule has 0 unspecified atom stereocenters. The number of carboxylic acid groups (broad SMARTS) is 1. The minimum atomic E-state index is -0.745. The highest BCUT2D eigenvalue weighted by atomic mass is 35.5. The first-order valence-corrected chi connectivity index (χ1v) is 4.59.